The molecular formula is C20H28BrNO2. The average Bonchev–Trinajstić information content (AvgIpc) is 2.75. The third-order valence-electron chi connectivity index (χ3n) is 5.68. The summed E-state index contributed by atoms with van der Waals surface area (Å²) in [5.41, 5.74) is 3.78. The van der Waals surface area contributed by atoms with Gasteiger partial charge >= 0.3 is 5.97 Å². The van der Waals surface area contributed by atoms with Crippen molar-refractivity contribution in [3.63, 3.8) is 0 Å². The van der Waals surface area contributed by atoms with Gasteiger partial charge in [0.05, 0.1) is 12.6 Å². The molecule has 2 atom stereocenters. The number of alkyl halides is 1. The first-order chi connectivity index (χ1) is 11.7. The van der Waals surface area contributed by atoms with E-state index < -0.39 is 0 Å². The molecule has 3 rings (SSSR count). The van der Waals surface area contributed by atoms with E-state index in [-0.39, 0.29) is 17.9 Å². The third kappa shape index (κ3) is 3.35. The second-order valence-electron chi connectivity index (χ2n) is 7.07. The van der Waals surface area contributed by atoms with E-state index in [1.807, 2.05) is 6.92 Å². The van der Waals surface area contributed by atoms with Gasteiger partial charge in [0.2, 0.25) is 0 Å². The molecule has 132 valence electrons. The second kappa shape index (κ2) is 7.90. The first kappa shape index (κ1) is 17.8. The summed E-state index contributed by atoms with van der Waals surface area (Å²) in [7, 11) is 2.10. The van der Waals surface area contributed by atoms with Gasteiger partial charge in [-0.1, -0.05) is 53.7 Å². The number of fused-ring (bicyclic) bond motifs is 1. The van der Waals surface area contributed by atoms with Gasteiger partial charge in [-0.05, 0) is 42.9 Å². The third-order valence-corrected chi connectivity index (χ3v) is 6.34. The number of halogens is 1. The monoisotopic (exact) mass is 393 g/mol. The highest BCUT2D eigenvalue weighted by atomic mass is 79.9. The summed E-state index contributed by atoms with van der Waals surface area (Å²) in [5.74, 6) is 0.387. The van der Waals surface area contributed by atoms with Crippen LogP contribution in [-0.4, -0.2) is 31.0 Å². The van der Waals surface area contributed by atoms with Crippen LogP contribution in [0.4, 0.5) is 5.69 Å². The van der Waals surface area contributed by atoms with Crippen molar-refractivity contribution in [2.24, 2.45) is 0 Å². The Labute approximate surface area is 153 Å². The number of rotatable bonds is 4. The molecule has 0 bridgehead atoms. The van der Waals surface area contributed by atoms with Gasteiger partial charge in [0, 0.05) is 18.1 Å². The highest BCUT2D eigenvalue weighted by Crippen LogP contribution is 2.44. The molecule has 0 N–H and O–H groups in total. The molecule has 24 heavy (non-hydrogen) atoms. The predicted octanol–water partition coefficient (Wildman–Crippen LogP) is 4.98. The number of hydrogen-bond donors (Lipinski definition) is 0. The highest BCUT2D eigenvalue weighted by molar-refractivity contribution is 9.09. The Bertz CT molecular complexity index is 581. The lowest BCUT2D eigenvalue weighted by Gasteiger charge is -2.24. The van der Waals surface area contributed by atoms with Crippen molar-refractivity contribution in [3.8, 4) is 0 Å². The predicted molar refractivity (Wildman–Crippen MR) is 102 cm³/mol. The number of carbonyl (C=O) groups excluding carboxylic acids is 1. The summed E-state index contributed by atoms with van der Waals surface area (Å²) in [6, 6.07) is 6.89. The summed E-state index contributed by atoms with van der Waals surface area (Å²) in [4.78, 5) is 14.7. The summed E-state index contributed by atoms with van der Waals surface area (Å²) in [6.45, 7) is 2.30. The number of ether oxygens (including phenoxy) is 1. The SMILES string of the molecule is CCOC(=O)C1c2ccc(C3CCCCCC3)cc2N(C)C1CBr. The van der Waals surface area contributed by atoms with Crippen LogP contribution in [0.15, 0.2) is 18.2 Å². The number of benzene rings is 1. The maximum absolute atomic E-state index is 12.5. The zero-order valence-electron chi connectivity index (χ0n) is 14.8. The highest BCUT2D eigenvalue weighted by Gasteiger charge is 2.41. The number of hydrogen-bond acceptors (Lipinski definition) is 3. The molecule has 1 aliphatic carbocycles. The van der Waals surface area contributed by atoms with E-state index in [1.54, 1.807) is 0 Å². The number of carbonyl (C=O) groups is 1. The molecule has 2 aliphatic rings. The Morgan fingerprint density at radius 3 is 2.58 bits per heavy atom. The minimum absolute atomic E-state index is 0.102. The van der Waals surface area contributed by atoms with E-state index in [0.29, 0.717) is 12.5 Å². The largest absolute Gasteiger partial charge is 0.465 e. The molecule has 1 saturated carbocycles. The minimum atomic E-state index is -0.187. The molecule has 0 aromatic heterocycles. The van der Waals surface area contributed by atoms with Crippen LogP contribution < -0.4 is 4.90 Å². The van der Waals surface area contributed by atoms with Crippen LogP contribution in [0.5, 0.6) is 0 Å². The Hall–Kier alpha value is -1.03. The van der Waals surface area contributed by atoms with Crippen LogP contribution in [-0.2, 0) is 9.53 Å². The maximum Gasteiger partial charge on any atom is 0.315 e. The maximum atomic E-state index is 12.5. The molecule has 3 nitrogen and oxygen atoms in total. The fraction of sp³-hybridized carbons (Fsp3) is 0.650. The molecule has 2 unspecified atom stereocenters. The number of esters is 1. The van der Waals surface area contributed by atoms with E-state index in [9.17, 15) is 4.79 Å². The Balaban J connectivity index is 1.91. The normalized spacial score (nSPS) is 24.5. The minimum Gasteiger partial charge on any atom is -0.465 e. The molecule has 0 spiro atoms. The van der Waals surface area contributed by atoms with Gasteiger partial charge in [0.15, 0.2) is 0 Å². The summed E-state index contributed by atoms with van der Waals surface area (Å²) >= 11 is 3.59. The fourth-order valence-corrected chi connectivity index (χ4v) is 5.12. The zero-order valence-corrected chi connectivity index (χ0v) is 16.3. The lowest BCUT2D eigenvalue weighted by molar-refractivity contribution is -0.145. The molecule has 1 aliphatic heterocycles. The van der Waals surface area contributed by atoms with Crippen molar-refractivity contribution in [1.29, 1.82) is 0 Å². The van der Waals surface area contributed by atoms with Gasteiger partial charge in [0.1, 0.15) is 5.92 Å². The van der Waals surface area contributed by atoms with E-state index >= 15 is 0 Å². The van der Waals surface area contributed by atoms with Crippen LogP contribution in [0.1, 0.15) is 68.4 Å². The second-order valence-corrected chi connectivity index (χ2v) is 7.72. The van der Waals surface area contributed by atoms with Gasteiger partial charge < -0.3 is 9.64 Å². The number of likely N-dealkylation sites (N-methyl/N-ethyl adjacent to an activating group) is 1. The van der Waals surface area contributed by atoms with Gasteiger partial charge in [-0.15, -0.1) is 0 Å². The molecule has 4 heteroatoms. The number of nitrogens with zero attached hydrogens (tertiary/aromatic N) is 1. The van der Waals surface area contributed by atoms with Gasteiger partial charge in [-0.3, -0.25) is 4.79 Å². The van der Waals surface area contributed by atoms with Crippen LogP contribution in [0, 0.1) is 0 Å². The Morgan fingerprint density at radius 2 is 1.96 bits per heavy atom. The first-order valence-corrected chi connectivity index (χ1v) is 10.4. The molecule has 1 aromatic carbocycles. The molecule has 0 saturated heterocycles. The van der Waals surface area contributed by atoms with Crippen molar-refractivity contribution < 1.29 is 9.53 Å². The Kier molecular flexibility index (Phi) is 5.85. The van der Waals surface area contributed by atoms with E-state index in [0.717, 1.165) is 10.9 Å². The molecule has 0 radical (unpaired) electrons. The molecule has 0 amide bonds. The fourth-order valence-electron chi connectivity index (χ4n) is 4.31. The molecule has 1 fully saturated rings. The van der Waals surface area contributed by atoms with Gasteiger partial charge in [-0.2, -0.15) is 0 Å². The van der Waals surface area contributed by atoms with Crippen molar-refractivity contribution in [2.75, 3.05) is 23.9 Å². The van der Waals surface area contributed by atoms with Crippen LogP contribution in [0.3, 0.4) is 0 Å². The summed E-state index contributed by atoms with van der Waals surface area (Å²) in [6.07, 6.45) is 8.02. The van der Waals surface area contributed by atoms with Crippen LogP contribution in [0.25, 0.3) is 0 Å². The molecule has 1 aromatic rings. The topological polar surface area (TPSA) is 29.5 Å². The van der Waals surface area contributed by atoms with Crippen molar-refractivity contribution in [2.45, 2.75) is 63.3 Å². The average molecular weight is 394 g/mol. The van der Waals surface area contributed by atoms with Crippen molar-refractivity contribution in [3.05, 3.63) is 29.3 Å². The van der Waals surface area contributed by atoms with Gasteiger partial charge in [0.25, 0.3) is 0 Å². The van der Waals surface area contributed by atoms with Crippen LogP contribution in [0.2, 0.25) is 0 Å². The number of anilines is 1. The summed E-state index contributed by atoms with van der Waals surface area (Å²) < 4.78 is 5.34. The van der Waals surface area contributed by atoms with Crippen molar-refractivity contribution in [1.82, 2.24) is 0 Å². The first-order valence-electron chi connectivity index (χ1n) is 9.26. The standard InChI is InChI=1S/C20H28BrNO2/c1-3-24-20(23)19-16-11-10-15(14-8-6-4-5-7-9-14)12-17(16)22(2)18(19)13-21/h10-12,14,18-19H,3-9,13H2,1-2H3. The quantitative estimate of drug-likeness (QED) is 0.410. The lowest BCUT2D eigenvalue weighted by atomic mass is 9.89. The van der Waals surface area contributed by atoms with E-state index in [1.165, 1.54) is 49.8 Å². The van der Waals surface area contributed by atoms with E-state index in [2.05, 4.69) is 46.1 Å². The van der Waals surface area contributed by atoms with Gasteiger partial charge in [-0.25, -0.2) is 0 Å². The zero-order chi connectivity index (χ0) is 17.1. The molecule has 1 heterocycles. The smallest absolute Gasteiger partial charge is 0.315 e. The van der Waals surface area contributed by atoms with Crippen molar-refractivity contribution >= 4 is 27.6 Å². The molecular weight excluding hydrogens is 366 g/mol. The lowest BCUT2D eigenvalue weighted by Crippen LogP contribution is -2.36. The van der Waals surface area contributed by atoms with E-state index in [4.69, 9.17) is 4.74 Å². The summed E-state index contributed by atoms with van der Waals surface area (Å²) in [5, 5.41) is 0.764. The van der Waals surface area contributed by atoms with Crippen LogP contribution >= 0.6 is 15.9 Å². The Morgan fingerprint density at radius 1 is 1.25 bits per heavy atom.